The largest absolute Gasteiger partial charge is 1.00 e. The second kappa shape index (κ2) is 12.4. The van der Waals surface area contributed by atoms with Gasteiger partial charge in [-0.15, -0.1) is 0 Å². The van der Waals surface area contributed by atoms with E-state index in [1.807, 2.05) is 65.7 Å². The van der Waals surface area contributed by atoms with Gasteiger partial charge >= 0.3 is 35.6 Å². The van der Waals surface area contributed by atoms with Crippen molar-refractivity contribution in [2.45, 2.75) is 25.2 Å². The first-order valence-electron chi connectivity index (χ1n) is 11.5. The summed E-state index contributed by atoms with van der Waals surface area (Å²) in [4.78, 5) is 23.1. The Kier molecular flexibility index (Phi) is 9.50. The van der Waals surface area contributed by atoms with Crippen LogP contribution in [0.5, 0.6) is 0 Å². The number of aryl methyl sites for hydroxylation is 1. The van der Waals surface area contributed by atoms with Gasteiger partial charge in [-0.05, 0) is 55.7 Å². The van der Waals surface area contributed by atoms with E-state index < -0.39 is 22.0 Å². The second-order valence-electron chi connectivity index (χ2n) is 8.46. The van der Waals surface area contributed by atoms with Gasteiger partial charge in [0.05, 0.1) is 22.2 Å². The van der Waals surface area contributed by atoms with Crippen molar-refractivity contribution >= 4 is 22.0 Å². The Morgan fingerprint density at radius 1 is 0.947 bits per heavy atom. The normalized spacial score (nSPS) is 10.9. The first-order chi connectivity index (χ1) is 17.7. The standard InChI is InChI=1S/C27H27N5O4S.Na/c1-18-25(21-7-4-3-5-8-21)19(2)32(30-18)23-13-11-20(12-14-23)15-16-29-27(34)31-37(35,36)24-10-6-9-22(17-24)26(28)33;/h3-14,17H,15-16H2,1-2H3,(H4,28,29,31,33,34);/q;+1/p-1. The summed E-state index contributed by atoms with van der Waals surface area (Å²) in [7, 11) is -4.18. The van der Waals surface area contributed by atoms with Gasteiger partial charge in [0.25, 0.3) is 10.0 Å². The summed E-state index contributed by atoms with van der Waals surface area (Å²) in [6.07, 6.45) is 0.489. The Morgan fingerprint density at radius 2 is 1.63 bits per heavy atom. The first kappa shape index (κ1) is 29.1. The molecule has 190 valence electrons. The quantitative estimate of drug-likeness (QED) is 0.328. The summed E-state index contributed by atoms with van der Waals surface area (Å²) in [5, 5.41) is 7.24. The summed E-state index contributed by atoms with van der Waals surface area (Å²) >= 11 is 0. The maximum Gasteiger partial charge on any atom is 1.00 e. The fourth-order valence-corrected chi connectivity index (χ4v) is 5.04. The maximum atomic E-state index is 12.4. The molecule has 3 aromatic carbocycles. The van der Waals surface area contributed by atoms with Crippen LogP contribution in [-0.4, -0.2) is 36.7 Å². The Labute approximate surface area is 243 Å². The molecule has 0 atom stereocenters. The number of rotatable bonds is 8. The van der Waals surface area contributed by atoms with Gasteiger partial charge in [-0.1, -0.05) is 54.6 Å². The first-order valence-corrected chi connectivity index (χ1v) is 13.0. The van der Waals surface area contributed by atoms with Gasteiger partial charge in [0.1, 0.15) is 0 Å². The van der Waals surface area contributed by atoms with E-state index in [-0.39, 0.29) is 46.6 Å². The molecule has 0 saturated carbocycles. The van der Waals surface area contributed by atoms with E-state index >= 15 is 0 Å². The molecule has 3 N–H and O–H groups in total. The minimum absolute atomic E-state index is 0. The molecule has 0 saturated heterocycles. The van der Waals surface area contributed by atoms with Gasteiger partial charge in [-0.2, -0.15) is 5.10 Å². The van der Waals surface area contributed by atoms with Crippen molar-refractivity contribution in [1.82, 2.24) is 19.8 Å². The number of hydrogen-bond acceptors (Lipinski definition) is 5. The summed E-state index contributed by atoms with van der Waals surface area (Å²) in [5.74, 6) is -1.01. The number of sulfonamides is 1. The molecule has 0 unspecified atom stereocenters. The van der Waals surface area contributed by atoms with Crippen LogP contribution in [0.1, 0.15) is 27.3 Å². The number of aromatic nitrogens is 2. The molecular formula is C27H26N5NaO4S. The predicted molar refractivity (Wildman–Crippen MR) is 141 cm³/mol. The van der Waals surface area contributed by atoms with Gasteiger partial charge in [-0.25, -0.2) is 22.6 Å². The molecule has 0 radical (unpaired) electrons. The smallest absolute Gasteiger partial charge is 0.664 e. The SMILES string of the molecule is Cc1nn(-c2ccc(CCNC(=O)NS(=O)(=O)c3cccc(C([NH-])=O)c3)cc2)c(C)c1-c1ccccc1.[Na+]. The number of nitrogens with one attached hydrogen (secondary N) is 3. The molecule has 0 aliphatic carbocycles. The van der Waals surface area contributed by atoms with Crippen LogP contribution in [0, 0.1) is 13.8 Å². The second-order valence-corrected chi connectivity index (χ2v) is 10.1. The zero-order chi connectivity index (χ0) is 26.6. The van der Waals surface area contributed by atoms with Gasteiger partial charge in [-0.3, -0.25) is 0 Å². The Balaban J connectivity index is 0.00000400. The molecule has 38 heavy (non-hydrogen) atoms. The van der Waals surface area contributed by atoms with E-state index in [0.717, 1.165) is 39.8 Å². The van der Waals surface area contributed by atoms with E-state index in [4.69, 9.17) is 10.8 Å². The van der Waals surface area contributed by atoms with Crippen LogP contribution in [-0.2, 0) is 16.4 Å². The van der Waals surface area contributed by atoms with Crippen LogP contribution in [0.2, 0.25) is 0 Å². The third-order valence-corrected chi connectivity index (χ3v) is 7.20. The van der Waals surface area contributed by atoms with Crippen LogP contribution < -0.4 is 39.6 Å². The van der Waals surface area contributed by atoms with Crippen molar-refractivity contribution < 1.29 is 47.6 Å². The van der Waals surface area contributed by atoms with Crippen molar-refractivity contribution in [2.75, 3.05) is 6.54 Å². The van der Waals surface area contributed by atoms with E-state index in [2.05, 4.69) is 17.4 Å². The van der Waals surface area contributed by atoms with Crippen molar-refractivity contribution in [2.24, 2.45) is 0 Å². The van der Waals surface area contributed by atoms with Crippen LogP contribution >= 0.6 is 0 Å². The molecule has 0 bridgehead atoms. The Morgan fingerprint density at radius 3 is 2.29 bits per heavy atom. The molecule has 0 spiro atoms. The van der Waals surface area contributed by atoms with Crippen LogP contribution in [0.3, 0.4) is 0 Å². The maximum absolute atomic E-state index is 12.4. The predicted octanol–water partition coefficient (Wildman–Crippen LogP) is 1.58. The van der Waals surface area contributed by atoms with E-state index in [1.165, 1.54) is 18.2 Å². The third kappa shape index (κ3) is 6.70. The fraction of sp³-hybridized carbons (Fsp3) is 0.148. The van der Waals surface area contributed by atoms with Gasteiger partial charge in [0.15, 0.2) is 0 Å². The summed E-state index contributed by atoms with van der Waals surface area (Å²) < 4.78 is 28.7. The average Bonchev–Trinajstić information content (AvgIpc) is 3.18. The monoisotopic (exact) mass is 539 g/mol. The number of hydrogen-bond donors (Lipinski definition) is 2. The Hall–Kier alpha value is -3.44. The van der Waals surface area contributed by atoms with Gasteiger partial charge in [0, 0.05) is 23.4 Å². The average molecular weight is 540 g/mol. The zero-order valence-electron chi connectivity index (χ0n) is 21.4. The van der Waals surface area contributed by atoms with Gasteiger partial charge < -0.3 is 15.8 Å². The fourth-order valence-electron chi connectivity index (χ4n) is 4.06. The Bertz CT molecular complexity index is 1550. The number of urea groups is 1. The van der Waals surface area contributed by atoms with Crippen molar-refractivity contribution in [1.29, 1.82) is 0 Å². The summed E-state index contributed by atoms with van der Waals surface area (Å²) in [6, 6.07) is 22.0. The van der Waals surface area contributed by atoms with Crippen molar-refractivity contribution in [3.63, 3.8) is 0 Å². The van der Waals surface area contributed by atoms with E-state index in [1.54, 1.807) is 0 Å². The van der Waals surface area contributed by atoms with E-state index in [9.17, 15) is 18.0 Å². The van der Waals surface area contributed by atoms with E-state index in [0.29, 0.717) is 6.42 Å². The van der Waals surface area contributed by atoms with Crippen LogP contribution in [0.4, 0.5) is 4.79 Å². The van der Waals surface area contributed by atoms with Crippen molar-refractivity contribution in [3.8, 4) is 16.8 Å². The van der Waals surface area contributed by atoms with Crippen molar-refractivity contribution in [3.05, 3.63) is 107 Å². The van der Waals surface area contributed by atoms with Crippen LogP contribution in [0.15, 0.2) is 83.8 Å². The molecule has 9 nitrogen and oxygen atoms in total. The molecule has 11 heteroatoms. The number of nitrogens with zero attached hydrogens (tertiary/aromatic N) is 2. The summed E-state index contributed by atoms with van der Waals surface area (Å²) in [6.45, 7) is 4.24. The van der Waals surface area contributed by atoms with Gasteiger partial charge in [0.2, 0.25) is 0 Å². The molecular weight excluding hydrogens is 513 g/mol. The molecule has 0 aliphatic rings. The third-order valence-electron chi connectivity index (χ3n) is 5.87. The molecule has 4 rings (SSSR count). The minimum atomic E-state index is -4.18. The molecule has 0 aliphatic heterocycles. The number of benzene rings is 3. The molecule has 1 aromatic heterocycles. The summed E-state index contributed by atoms with van der Waals surface area (Å²) in [5.41, 5.74) is 13.1. The molecule has 3 amide bonds. The topological polar surface area (TPSA) is 134 Å². The molecule has 4 aromatic rings. The number of carbonyl (C=O) groups excluding carboxylic acids is 2. The number of carbonyl (C=O) groups is 2. The van der Waals surface area contributed by atoms with Crippen LogP contribution in [0.25, 0.3) is 22.5 Å². The number of amides is 3. The zero-order valence-corrected chi connectivity index (χ0v) is 24.2. The molecule has 0 fully saturated rings. The minimum Gasteiger partial charge on any atom is -0.664 e. The molecule has 1 heterocycles.